The third kappa shape index (κ3) is 2.91. The van der Waals surface area contributed by atoms with Gasteiger partial charge >= 0.3 is 0 Å². The molecule has 0 spiro atoms. The molecule has 1 fully saturated rings. The van der Waals surface area contributed by atoms with Gasteiger partial charge in [0.05, 0.1) is 5.69 Å². The maximum atomic E-state index is 9.67. The topological polar surface area (TPSA) is 81.5 Å². The second kappa shape index (κ2) is 6.78. The number of aromatic nitrogens is 4. The number of hydrogen-bond donors (Lipinski definition) is 1. The lowest BCUT2D eigenvalue weighted by Gasteiger charge is -2.33. The van der Waals surface area contributed by atoms with Gasteiger partial charge in [-0.25, -0.2) is 4.98 Å². The minimum Gasteiger partial charge on any atom is -0.353 e. The number of rotatable bonds is 4. The first kappa shape index (κ1) is 15.5. The molecule has 1 unspecified atom stereocenters. The molecule has 3 rings (SSSR count). The Labute approximate surface area is 136 Å². The molecule has 2 aromatic heterocycles. The SMILES string of the molecule is CCc1nnc(N2CCCC(c3ncc[nH]3)C2)c(C#N)c1CC. The van der Waals surface area contributed by atoms with E-state index in [0.29, 0.717) is 11.5 Å². The zero-order valence-corrected chi connectivity index (χ0v) is 13.7. The first-order valence-corrected chi connectivity index (χ1v) is 8.31. The first-order valence-electron chi connectivity index (χ1n) is 8.31. The molecule has 6 nitrogen and oxygen atoms in total. The van der Waals surface area contributed by atoms with Crippen LogP contribution in [0, 0.1) is 11.3 Å². The lowest BCUT2D eigenvalue weighted by Crippen LogP contribution is -2.36. The van der Waals surface area contributed by atoms with E-state index in [9.17, 15) is 5.26 Å². The molecule has 1 saturated heterocycles. The number of nitrogens with one attached hydrogen (secondary N) is 1. The molecular weight excluding hydrogens is 288 g/mol. The Morgan fingerprint density at radius 3 is 2.87 bits per heavy atom. The molecule has 0 aromatic carbocycles. The Hall–Kier alpha value is -2.42. The van der Waals surface area contributed by atoms with Crippen molar-refractivity contribution in [3.63, 3.8) is 0 Å². The second-order valence-corrected chi connectivity index (χ2v) is 5.90. The average molecular weight is 310 g/mol. The van der Waals surface area contributed by atoms with Crippen molar-refractivity contribution >= 4 is 5.82 Å². The van der Waals surface area contributed by atoms with Gasteiger partial charge < -0.3 is 9.88 Å². The highest BCUT2D eigenvalue weighted by atomic mass is 15.3. The molecule has 6 heteroatoms. The molecule has 3 heterocycles. The van der Waals surface area contributed by atoms with Crippen molar-refractivity contribution in [3.05, 3.63) is 35.0 Å². The van der Waals surface area contributed by atoms with Crippen LogP contribution in [0.3, 0.4) is 0 Å². The van der Waals surface area contributed by atoms with Crippen molar-refractivity contribution in [2.45, 2.75) is 45.4 Å². The standard InChI is InChI=1S/C17H22N6/c1-3-13-14(10-18)17(22-21-15(13)4-2)23-9-5-6-12(11-23)16-19-7-8-20-16/h7-8,12H,3-6,9,11H2,1-2H3,(H,19,20). The lowest BCUT2D eigenvalue weighted by molar-refractivity contribution is 0.489. The average Bonchev–Trinajstić information content (AvgIpc) is 3.15. The van der Waals surface area contributed by atoms with Crippen molar-refractivity contribution in [2.75, 3.05) is 18.0 Å². The quantitative estimate of drug-likeness (QED) is 0.938. The first-order chi connectivity index (χ1) is 11.3. The van der Waals surface area contributed by atoms with Crippen LogP contribution in [0.2, 0.25) is 0 Å². The summed E-state index contributed by atoms with van der Waals surface area (Å²) in [7, 11) is 0. The van der Waals surface area contributed by atoms with Crippen molar-refractivity contribution in [3.8, 4) is 6.07 Å². The fourth-order valence-electron chi connectivity index (χ4n) is 3.39. The van der Waals surface area contributed by atoms with Gasteiger partial charge in [-0.1, -0.05) is 13.8 Å². The van der Waals surface area contributed by atoms with Crippen LogP contribution in [-0.4, -0.2) is 33.3 Å². The molecule has 1 aliphatic heterocycles. The van der Waals surface area contributed by atoms with Crippen LogP contribution in [0.25, 0.3) is 0 Å². The molecular formula is C17H22N6. The van der Waals surface area contributed by atoms with E-state index in [2.05, 4.69) is 45.0 Å². The van der Waals surface area contributed by atoms with E-state index in [1.54, 1.807) is 6.20 Å². The summed E-state index contributed by atoms with van der Waals surface area (Å²) in [6.45, 7) is 5.86. The molecule has 1 atom stereocenters. The summed E-state index contributed by atoms with van der Waals surface area (Å²) in [5, 5.41) is 18.4. The Balaban J connectivity index is 1.93. The number of nitrogens with zero attached hydrogens (tertiary/aromatic N) is 5. The van der Waals surface area contributed by atoms with Gasteiger partial charge in [-0.15, -0.1) is 5.10 Å². The maximum Gasteiger partial charge on any atom is 0.169 e. The van der Waals surface area contributed by atoms with Gasteiger partial charge in [-0.3, -0.25) is 0 Å². The van der Waals surface area contributed by atoms with Crippen LogP contribution in [0.1, 0.15) is 55.3 Å². The highest BCUT2D eigenvalue weighted by Gasteiger charge is 2.27. The minimum atomic E-state index is 0.350. The van der Waals surface area contributed by atoms with Gasteiger partial charge in [0, 0.05) is 31.4 Å². The lowest BCUT2D eigenvalue weighted by atomic mass is 9.96. The van der Waals surface area contributed by atoms with Crippen molar-refractivity contribution < 1.29 is 0 Å². The number of aromatic amines is 1. The third-order valence-corrected chi connectivity index (χ3v) is 4.57. The Kier molecular flexibility index (Phi) is 4.56. The van der Waals surface area contributed by atoms with Gasteiger partial charge in [0.2, 0.25) is 0 Å². The van der Waals surface area contributed by atoms with E-state index in [1.165, 1.54) is 0 Å². The molecule has 0 radical (unpaired) electrons. The molecule has 2 aromatic rings. The summed E-state index contributed by atoms with van der Waals surface area (Å²) in [5.41, 5.74) is 2.67. The Morgan fingerprint density at radius 1 is 1.35 bits per heavy atom. The maximum absolute atomic E-state index is 9.67. The van der Waals surface area contributed by atoms with Gasteiger partial charge in [0.1, 0.15) is 17.5 Å². The van der Waals surface area contributed by atoms with E-state index in [0.717, 1.165) is 61.7 Å². The van der Waals surface area contributed by atoms with E-state index >= 15 is 0 Å². The summed E-state index contributed by atoms with van der Waals surface area (Å²) in [5.74, 6) is 2.10. The number of aryl methyl sites for hydroxylation is 1. The van der Waals surface area contributed by atoms with E-state index in [4.69, 9.17) is 0 Å². The number of hydrogen-bond acceptors (Lipinski definition) is 5. The second-order valence-electron chi connectivity index (χ2n) is 5.90. The van der Waals surface area contributed by atoms with Crippen LogP contribution in [-0.2, 0) is 12.8 Å². The molecule has 120 valence electrons. The van der Waals surface area contributed by atoms with E-state index < -0.39 is 0 Å². The molecule has 0 amide bonds. The number of piperidine rings is 1. The fourth-order valence-corrected chi connectivity index (χ4v) is 3.39. The molecule has 1 aliphatic rings. The third-order valence-electron chi connectivity index (χ3n) is 4.57. The van der Waals surface area contributed by atoms with Crippen LogP contribution in [0.4, 0.5) is 5.82 Å². The van der Waals surface area contributed by atoms with Gasteiger partial charge in [-0.05, 0) is 31.2 Å². The normalized spacial score (nSPS) is 18.0. The van der Waals surface area contributed by atoms with Crippen LogP contribution >= 0.6 is 0 Å². The predicted molar refractivity (Wildman–Crippen MR) is 88.3 cm³/mol. The molecule has 23 heavy (non-hydrogen) atoms. The molecule has 0 aliphatic carbocycles. The van der Waals surface area contributed by atoms with Crippen molar-refractivity contribution in [1.82, 2.24) is 20.2 Å². The largest absolute Gasteiger partial charge is 0.353 e. The summed E-state index contributed by atoms with van der Waals surface area (Å²) in [6, 6.07) is 2.37. The monoisotopic (exact) mass is 310 g/mol. The summed E-state index contributed by atoms with van der Waals surface area (Å²) in [6.07, 6.45) is 7.44. The highest BCUT2D eigenvalue weighted by Crippen LogP contribution is 2.30. The van der Waals surface area contributed by atoms with Gasteiger partial charge in [-0.2, -0.15) is 10.4 Å². The summed E-state index contributed by atoms with van der Waals surface area (Å²) >= 11 is 0. The van der Waals surface area contributed by atoms with Crippen LogP contribution in [0.15, 0.2) is 12.4 Å². The zero-order chi connectivity index (χ0) is 16.2. The Bertz CT molecular complexity index is 701. The minimum absolute atomic E-state index is 0.350. The van der Waals surface area contributed by atoms with Crippen molar-refractivity contribution in [2.24, 2.45) is 0 Å². The van der Waals surface area contributed by atoms with Crippen molar-refractivity contribution in [1.29, 1.82) is 5.26 Å². The number of H-pyrrole nitrogens is 1. The summed E-state index contributed by atoms with van der Waals surface area (Å²) in [4.78, 5) is 9.79. The van der Waals surface area contributed by atoms with E-state index in [1.807, 2.05) is 6.20 Å². The van der Waals surface area contributed by atoms with E-state index in [-0.39, 0.29) is 0 Å². The molecule has 1 N–H and O–H groups in total. The van der Waals surface area contributed by atoms with Crippen LogP contribution < -0.4 is 4.90 Å². The zero-order valence-electron chi connectivity index (χ0n) is 13.7. The smallest absolute Gasteiger partial charge is 0.169 e. The summed E-state index contributed by atoms with van der Waals surface area (Å²) < 4.78 is 0. The Morgan fingerprint density at radius 2 is 2.22 bits per heavy atom. The number of imidazole rings is 1. The molecule has 0 bridgehead atoms. The molecule has 0 saturated carbocycles. The van der Waals surface area contributed by atoms with Crippen LogP contribution in [0.5, 0.6) is 0 Å². The number of nitriles is 1. The van der Waals surface area contributed by atoms with Gasteiger partial charge in [0.15, 0.2) is 5.82 Å². The highest BCUT2D eigenvalue weighted by molar-refractivity contribution is 5.58. The van der Waals surface area contributed by atoms with Gasteiger partial charge in [0.25, 0.3) is 0 Å². The fraction of sp³-hybridized carbons (Fsp3) is 0.529. The number of anilines is 1. The predicted octanol–water partition coefficient (Wildman–Crippen LogP) is 2.58.